The van der Waals surface area contributed by atoms with E-state index in [2.05, 4.69) is 5.32 Å². The number of hydrogen-bond acceptors (Lipinski definition) is 4. The van der Waals surface area contributed by atoms with Crippen molar-refractivity contribution in [1.29, 1.82) is 0 Å². The molecule has 6 heteroatoms. The van der Waals surface area contributed by atoms with E-state index in [1.807, 2.05) is 0 Å². The molecule has 94 valence electrons. The van der Waals surface area contributed by atoms with Crippen LogP contribution < -0.4 is 5.32 Å². The summed E-state index contributed by atoms with van der Waals surface area (Å²) in [6.45, 7) is 0.145. The lowest BCUT2D eigenvalue weighted by Crippen LogP contribution is -2.40. The van der Waals surface area contributed by atoms with E-state index < -0.39 is 12.1 Å². The Bertz CT molecular complexity index is 543. The van der Waals surface area contributed by atoms with Crippen LogP contribution in [0.2, 0.25) is 0 Å². The molecule has 0 bridgehead atoms. The molecular weight excluding hydrogens is 236 g/mol. The maximum atomic E-state index is 12.3. The molecule has 18 heavy (non-hydrogen) atoms. The molecule has 3 N–H and O–H groups in total. The molecule has 1 aromatic carbocycles. The molecular formula is C12H12N2O4. The van der Waals surface area contributed by atoms with Crippen LogP contribution in [0.4, 0.5) is 5.69 Å². The lowest BCUT2D eigenvalue weighted by Gasteiger charge is -2.19. The second kappa shape index (κ2) is 3.71. The van der Waals surface area contributed by atoms with Crippen LogP contribution in [0.5, 0.6) is 5.75 Å². The molecule has 2 atom stereocenters. The number of para-hydroxylation sites is 1. The standard InChI is InChI=1S/C12H12N2O4/c15-6-4-8-11(17)13-10-7(2-1-3-9(10)16)12(18)14(8)5-6/h1-3,6,8,15-16H,4-5H2,(H,13,17)/t6?,8-/m0/s1. The summed E-state index contributed by atoms with van der Waals surface area (Å²) < 4.78 is 0. The van der Waals surface area contributed by atoms with Gasteiger partial charge in [0.15, 0.2) is 0 Å². The first kappa shape index (κ1) is 11.0. The summed E-state index contributed by atoms with van der Waals surface area (Å²) in [7, 11) is 0. The molecule has 1 aromatic rings. The van der Waals surface area contributed by atoms with Crippen molar-refractivity contribution in [2.45, 2.75) is 18.6 Å². The Morgan fingerprint density at radius 3 is 2.89 bits per heavy atom. The van der Waals surface area contributed by atoms with Crippen molar-refractivity contribution in [2.75, 3.05) is 11.9 Å². The number of phenolic OH excluding ortho intramolecular Hbond substituents is 1. The Morgan fingerprint density at radius 2 is 2.11 bits per heavy atom. The van der Waals surface area contributed by atoms with Crippen LogP contribution in [0.3, 0.4) is 0 Å². The van der Waals surface area contributed by atoms with Crippen LogP contribution in [0, 0.1) is 0 Å². The molecule has 1 fully saturated rings. The van der Waals surface area contributed by atoms with Crippen molar-refractivity contribution in [3.63, 3.8) is 0 Å². The maximum absolute atomic E-state index is 12.3. The van der Waals surface area contributed by atoms with Crippen LogP contribution in [0.25, 0.3) is 0 Å². The number of aliphatic hydroxyl groups is 1. The number of nitrogens with one attached hydrogen (secondary N) is 1. The fourth-order valence-corrected chi connectivity index (χ4v) is 2.50. The molecule has 6 nitrogen and oxygen atoms in total. The minimum absolute atomic E-state index is 0.129. The van der Waals surface area contributed by atoms with Gasteiger partial charge in [0.2, 0.25) is 5.91 Å². The third-order valence-electron chi connectivity index (χ3n) is 3.36. The smallest absolute Gasteiger partial charge is 0.256 e. The van der Waals surface area contributed by atoms with E-state index in [0.29, 0.717) is 0 Å². The molecule has 2 heterocycles. The van der Waals surface area contributed by atoms with Gasteiger partial charge in [-0.15, -0.1) is 0 Å². The Morgan fingerprint density at radius 1 is 1.33 bits per heavy atom. The van der Waals surface area contributed by atoms with Gasteiger partial charge in [-0.3, -0.25) is 9.59 Å². The largest absolute Gasteiger partial charge is 0.506 e. The van der Waals surface area contributed by atoms with Crippen LogP contribution in [-0.2, 0) is 4.79 Å². The average Bonchev–Trinajstić information content (AvgIpc) is 2.69. The van der Waals surface area contributed by atoms with E-state index in [-0.39, 0.29) is 41.8 Å². The number of amides is 2. The fourth-order valence-electron chi connectivity index (χ4n) is 2.50. The number of phenols is 1. The summed E-state index contributed by atoms with van der Waals surface area (Å²) in [4.78, 5) is 25.6. The molecule has 0 aliphatic carbocycles. The van der Waals surface area contributed by atoms with E-state index in [9.17, 15) is 19.8 Å². The topological polar surface area (TPSA) is 89.9 Å². The van der Waals surface area contributed by atoms with Crippen molar-refractivity contribution in [3.8, 4) is 5.75 Å². The van der Waals surface area contributed by atoms with E-state index >= 15 is 0 Å². The SMILES string of the molecule is O=C1Nc2c(O)cccc2C(=O)N2CC(O)C[C@@H]12. The van der Waals surface area contributed by atoms with Gasteiger partial charge in [0.1, 0.15) is 11.8 Å². The van der Waals surface area contributed by atoms with Crippen molar-refractivity contribution < 1.29 is 19.8 Å². The fraction of sp³-hybridized carbons (Fsp3) is 0.333. The highest BCUT2D eigenvalue weighted by Crippen LogP contribution is 2.33. The Balaban J connectivity index is 2.12. The average molecular weight is 248 g/mol. The van der Waals surface area contributed by atoms with Gasteiger partial charge in [-0.05, 0) is 12.1 Å². The second-order valence-electron chi connectivity index (χ2n) is 4.55. The zero-order valence-electron chi connectivity index (χ0n) is 9.46. The van der Waals surface area contributed by atoms with E-state index in [4.69, 9.17) is 0 Å². The third kappa shape index (κ3) is 1.46. The van der Waals surface area contributed by atoms with Gasteiger partial charge < -0.3 is 20.4 Å². The summed E-state index contributed by atoms with van der Waals surface area (Å²) in [5.74, 6) is -0.850. The molecule has 2 amide bonds. The predicted molar refractivity (Wildman–Crippen MR) is 62.2 cm³/mol. The zero-order valence-corrected chi connectivity index (χ0v) is 9.46. The lowest BCUT2D eigenvalue weighted by atomic mass is 10.1. The highest BCUT2D eigenvalue weighted by atomic mass is 16.3. The highest BCUT2D eigenvalue weighted by molar-refractivity contribution is 6.11. The second-order valence-corrected chi connectivity index (χ2v) is 4.55. The van der Waals surface area contributed by atoms with Crippen molar-refractivity contribution in [2.24, 2.45) is 0 Å². The first-order chi connectivity index (χ1) is 8.58. The molecule has 0 spiro atoms. The summed E-state index contributed by atoms with van der Waals surface area (Å²) >= 11 is 0. The maximum Gasteiger partial charge on any atom is 0.256 e. The number of benzene rings is 1. The summed E-state index contributed by atoms with van der Waals surface area (Å²) in [6.07, 6.45) is -0.449. The van der Waals surface area contributed by atoms with E-state index in [1.54, 1.807) is 12.1 Å². The Labute approximate surface area is 103 Å². The minimum atomic E-state index is -0.677. The summed E-state index contributed by atoms with van der Waals surface area (Å²) in [6, 6.07) is 3.84. The molecule has 1 unspecified atom stereocenters. The van der Waals surface area contributed by atoms with Gasteiger partial charge in [-0.25, -0.2) is 0 Å². The van der Waals surface area contributed by atoms with E-state index in [0.717, 1.165) is 0 Å². The molecule has 0 saturated carbocycles. The zero-order chi connectivity index (χ0) is 12.9. The number of carbonyl (C=O) groups is 2. The van der Waals surface area contributed by atoms with Gasteiger partial charge in [0, 0.05) is 13.0 Å². The van der Waals surface area contributed by atoms with Crippen LogP contribution in [0.1, 0.15) is 16.8 Å². The van der Waals surface area contributed by atoms with Crippen molar-refractivity contribution in [1.82, 2.24) is 4.90 Å². The van der Waals surface area contributed by atoms with Gasteiger partial charge in [0.25, 0.3) is 5.91 Å². The number of fused-ring (bicyclic) bond motifs is 2. The quantitative estimate of drug-likeness (QED) is 0.560. The van der Waals surface area contributed by atoms with Gasteiger partial charge in [-0.2, -0.15) is 0 Å². The van der Waals surface area contributed by atoms with Crippen molar-refractivity contribution >= 4 is 17.5 Å². The highest BCUT2D eigenvalue weighted by Gasteiger charge is 2.42. The summed E-state index contributed by atoms with van der Waals surface area (Å²) in [5, 5.41) is 21.8. The molecule has 0 radical (unpaired) electrons. The van der Waals surface area contributed by atoms with Crippen LogP contribution in [-0.4, -0.2) is 45.6 Å². The number of rotatable bonds is 0. The lowest BCUT2D eigenvalue weighted by molar-refractivity contribution is -0.119. The van der Waals surface area contributed by atoms with Gasteiger partial charge in [0.05, 0.1) is 17.4 Å². The number of nitrogens with zero attached hydrogens (tertiary/aromatic N) is 1. The van der Waals surface area contributed by atoms with Crippen LogP contribution >= 0.6 is 0 Å². The number of aromatic hydroxyl groups is 1. The molecule has 1 saturated heterocycles. The van der Waals surface area contributed by atoms with Gasteiger partial charge >= 0.3 is 0 Å². The molecule has 0 aromatic heterocycles. The molecule has 2 aliphatic heterocycles. The number of aliphatic hydroxyl groups excluding tert-OH is 1. The monoisotopic (exact) mass is 248 g/mol. The van der Waals surface area contributed by atoms with Crippen LogP contribution in [0.15, 0.2) is 18.2 Å². The third-order valence-corrected chi connectivity index (χ3v) is 3.36. The normalized spacial score (nSPS) is 26.4. The summed E-state index contributed by atoms with van der Waals surface area (Å²) in [5.41, 5.74) is 0.399. The van der Waals surface area contributed by atoms with E-state index in [1.165, 1.54) is 11.0 Å². The number of anilines is 1. The number of carbonyl (C=O) groups excluding carboxylic acids is 2. The molecule has 2 aliphatic rings. The molecule has 3 rings (SSSR count). The van der Waals surface area contributed by atoms with Gasteiger partial charge in [-0.1, -0.05) is 6.07 Å². The number of hydrogen-bond donors (Lipinski definition) is 3. The first-order valence-corrected chi connectivity index (χ1v) is 5.70. The minimum Gasteiger partial charge on any atom is -0.506 e. The predicted octanol–water partition coefficient (Wildman–Crippen LogP) is -0.0803. The Hall–Kier alpha value is -2.08. The first-order valence-electron chi connectivity index (χ1n) is 5.70. The van der Waals surface area contributed by atoms with Crippen molar-refractivity contribution in [3.05, 3.63) is 23.8 Å². The Kier molecular flexibility index (Phi) is 2.27.